The van der Waals surface area contributed by atoms with Crippen molar-refractivity contribution in [1.29, 1.82) is 0 Å². The van der Waals surface area contributed by atoms with Crippen molar-refractivity contribution < 1.29 is 14.3 Å². The number of hydrogen-bond acceptors (Lipinski definition) is 5. The molecule has 0 fully saturated rings. The number of aromatic nitrogens is 1. The summed E-state index contributed by atoms with van der Waals surface area (Å²) >= 11 is 0. The predicted molar refractivity (Wildman–Crippen MR) is 93.3 cm³/mol. The van der Waals surface area contributed by atoms with Crippen LogP contribution in [0.3, 0.4) is 0 Å². The number of pyridine rings is 1. The highest BCUT2D eigenvalue weighted by molar-refractivity contribution is 6.07. The van der Waals surface area contributed by atoms with Gasteiger partial charge in [-0.2, -0.15) is 0 Å². The Morgan fingerprint density at radius 3 is 2.54 bits per heavy atom. The molecule has 0 spiro atoms. The third-order valence-corrected chi connectivity index (χ3v) is 3.12. The van der Waals surface area contributed by atoms with E-state index in [0.29, 0.717) is 11.3 Å². The number of hydrogen-bond donors (Lipinski definition) is 2. The van der Waals surface area contributed by atoms with Crippen LogP contribution < -0.4 is 10.6 Å². The number of nitrogens with zero attached hydrogens (tertiary/aromatic N) is 1. The van der Waals surface area contributed by atoms with E-state index in [-0.39, 0.29) is 24.2 Å². The van der Waals surface area contributed by atoms with Gasteiger partial charge in [0.1, 0.15) is 5.69 Å². The summed E-state index contributed by atoms with van der Waals surface area (Å²) in [6.07, 6.45) is 1.60. The summed E-state index contributed by atoms with van der Waals surface area (Å²) in [6, 6.07) is 10.4. The molecule has 0 atom stereocenters. The first-order valence-corrected chi connectivity index (χ1v) is 7.81. The first kappa shape index (κ1) is 17.5. The molecular formula is C18H21N3O3. The molecule has 0 saturated carbocycles. The molecule has 2 aromatic rings. The number of rotatable bonds is 6. The van der Waals surface area contributed by atoms with Crippen molar-refractivity contribution in [1.82, 2.24) is 4.98 Å². The van der Waals surface area contributed by atoms with Crippen LogP contribution >= 0.6 is 0 Å². The van der Waals surface area contributed by atoms with Crippen molar-refractivity contribution in [2.24, 2.45) is 0 Å². The maximum atomic E-state index is 12.3. The molecule has 1 aromatic carbocycles. The van der Waals surface area contributed by atoms with Crippen LogP contribution in [0.25, 0.3) is 0 Å². The Balaban J connectivity index is 2.14. The van der Waals surface area contributed by atoms with Gasteiger partial charge in [0.05, 0.1) is 29.7 Å². The lowest BCUT2D eigenvalue weighted by Crippen LogP contribution is -2.17. The zero-order valence-electron chi connectivity index (χ0n) is 14.0. The fourth-order valence-electron chi connectivity index (χ4n) is 2.11. The molecule has 6 heteroatoms. The number of carbonyl (C=O) groups excluding carboxylic acids is 2. The summed E-state index contributed by atoms with van der Waals surface area (Å²) in [5.74, 6) is -0.860. The van der Waals surface area contributed by atoms with Gasteiger partial charge in [-0.05, 0) is 45.0 Å². The number of esters is 1. The molecule has 1 amide bonds. The monoisotopic (exact) mass is 327 g/mol. The highest BCUT2D eigenvalue weighted by Crippen LogP contribution is 2.17. The number of nitrogens with one attached hydrogen (secondary N) is 2. The molecular weight excluding hydrogens is 306 g/mol. The highest BCUT2D eigenvalue weighted by atomic mass is 16.5. The number of benzene rings is 1. The highest BCUT2D eigenvalue weighted by Gasteiger charge is 2.15. The lowest BCUT2D eigenvalue weighted by Gasteiger charge is -2.11. The molecule has 0 unspecified atom stereocenters. The van der Waals surface area contributed by atoms with Crippen LogP contribution in [0.2, 0.25) is 0 Å². The second-order valence-corrected chi connectivity index (χ2v) is 5.45. The maximum absolute atomic E-state index is 12.3. The molecule has 1 heterocycles. The molecule has 0 aliphatic carbocycles. The second-order valence-electron chi connectivity index (χ2n) is 5.45. The van der Waals surface area contributed by atoms with E-state index in [1.807, 2.05) is 13.8 Å². The molecule has 126 valence electrons. The average Bonchev–Trinajstić information content (AvgIpc) is 2.55. The van der Waals surface area contributed by atoms with Crippen molar-refractivity contribution in [3.63, 3.8) is 0 Å². The molecule has 0 saturated heterocycles. The van der Waals surface area contributed by atoms with Gasteiger partial charge in [-0.15, -0.1) is 0 Å². The van der Waals surface area contributed by atoms with Gasteiger partial charge in [0, 0.05) is 6.04 Å². The van der Waals surface area contributed by atoms with Crippen molar-refractivity contribution in [2.45, 2.75) is 26.8 Å². The number of anilines is 2. The van der Waals surface area contributed by atoms with E-state index >= 15 is 0 Å². The van der Waals surface area contributed by atoms with Gasteiger partial charge in [-0.25, -0.2) is 9.78 Å². The minimum absolute atomic E-state index is 0.267. The molecule has 2 N–H and O–H groups in total. The predicted octanol–water partition coefficient (Wildman–Crippen LogP) is 3.33. The van der Waals surface area contributed by atoms with E-state index < -0.39 is 5.97 Å². The first-order valence-electron chi connectivity index (χ1n) is 7.81. The van der Waals surface area contributed by atoms with E-state index in [1.165, 1.54) is 0 Å². The SMILES string of the molecule is CCOC(=O)c1ccccc1NC(=O)c1ccc(NC(C)C)cn1. The minimum Gasteiger partial charge on any atom is -0.462 e. The van der Waals surface area contributed by atoms with Gasteiger partial charge in [0.15, 0.2) is 0 Å². The standard InChI is InChI=1S/C18H21N3O3/c1-4-24-18(23)14-7-5-6-8-15(14)21-17(22)16-10-9-13(11-19-16)20-12(2)3/h5-12,20H,4H2,1-3H3,(H,21,22). The van der Waals surface area contributed by atoms with Crippen LogP contribution in [0, 0.1) is 0 Å². The molecule has 0 bridgehead atoms. The third kappa shape index (κ3) is 4.55. The Hall–Kier alpha value is -2.89. The van der Waals surface area contributed by atoms with Crippen LogP contribution in [0.4, 0.5) is 11.4 Å². The van der Waals surface area contributed by atoms with Crippen molar-refractivity contribution in [3.8, 4) is 0 Å². The van der Waals surface area contributed by atoms with Gasteiger partial charge >= 0.3 is 5.97 Å². The maximum Gasteiger partial charge on any atom is 0.340 e. The molecule has 1 aromatic heterocycles. The zero-order chi connectivity index (χ0) is 17.5. The van der Waals surface area contributed by atoms with Crippen LogP contribution in [-0.2, 0) is 4.74 Å². The number of carbonyl (C=O) groups is 2. The van der Waals surface area contributed by atoms with Crippen molar-refractivity contribution in [2.75, 3.05) is 17.2 Å². The van der Waals surface area contributed by atoms with Crippen LogP contribution in [-0.4, -0.2) is 29.5 Å². The van der Waals surface area contributed by atoms with Gasteiger partial charge in [0.25, 0.3) is 5.91 Å². The lowest BCUT2D eigenvalue weighted by atomic mass is 10.1. The third-order valence-electron chi connectivity index (χ3n) is 3.12. The van der Waals surface area contributed by atoms with Crippen LogP contribution in [0.5, 0.6) is 0 Å². The van der Waals surface area contributed by atoms with E-state index in [1.54, 1.807) is 49.5 Å². The largest absolute Gasteiger partial charge is 0.462 e. The lowest BCUT2D eigenvalue weighted by molar-refractivity contribution is 0.0527. The summed E-state index contributed by atoms with van der Waals surface area (Å²) in [7, 11) is 0. The number of ether oxygens (including phenoxy) is 1. The Labute approximate surface area is 141 Å². The molecule has 0 aliphatic heterocycles. The molecule has 0 radical (unpaired) electrons. The molecule has 24 heavy (non-hydrogen) atoms. The van der Waals surface area contributed by atoms with Gasteiger partial charge in [-0.3, -0.25) is 4.79 Å². The second kappa shape index (κ2) is 8.10. The summed E-state index contributed by atoms with van der Waals surface area (Å²) in [5, 5.41) is 5.91. The summed E-state index contributed by atoms with van der Waals surface area (Å²) in [5.41, 5.74) is 1.81. The van der Waals surface area contributed by atoms with Crippen molar-refractivity contribution >= 4 is 23.3 Å². The van der Waals surface area contributed by atoms with Crippen molar-refractivity contribution in [3.05, 3.63) is 53.9 Å². The average molecular weight is 327 g/mol. The normalized spacial score (nSPS) is 10.3. The summed E-state index contributed by atoms with van der Waals surface area (Å²) in [4.78, 5) is 28.4. The quantitative estimate of drug-likeness (QED) is 0.796. The number of amides is 1. The van der Waals surface area contributed by atoms with E-state index in [9.17, 15) is 9.59 Å². The summed E-state index contributed by atoms with van der Waals surface area (Å²) in [6.45, 7) is 6.04. The fraction of sp³-hybridized carbons (Fsp3) is 0.278. The Kier molecular flexibility index (Phi) is 5.89. The van der Waals surface area contributed by atoms with Crippen LogP contribution in [0.15, 0.2) is 42.6 Å². The fourth-order valence-corrected chi connectivity index (χ4v) is 2.11. The van der Waals surface area contributed by atoms with Crippen LogP contribution in [0.1, 0.15) is 41.6 Å². The smallest absolute Gasteiger partial charge is 0.340 e. The Bertz CT molecular complexity index is 712. The summed E-state index contributed by atoms with van der Waals surface area (Å²) < 4.78 is 4.99. The van der Waals surface area contributed by atoms with Gasteiger partial charge < -0.3 is 15.4 Å². The molecule has 2 rings (SSSR count). The molecule has 6 nitrogen and oxygen atoms in total. The minimum atomic E-state index is -0.474. The van der Waals surface area contributed by atoms with E-state index in [4.69, 9.17) is 4.74 Å². The molecule has 0 aliphatic rings. The van der Waals surface area contributed by atoms with Gasteiger partial charge in [0.2, 0.25) is 0 Å². The van der Waals surface area contributed by atoms with E-state index in [2.05, 4.69) is 15.6 Å². The first-order chi connectivity index (χ1) is 11.5. The Morgan fingerprint density at radius 1 is 1.17 bits per heavy atom. The zero-order valence-corrected chi connectivity index (χ0v) is 14.0. The number of para-hydroxylation sites is 1. The van der Waals surface area contributed by atoms with E-state index in [0.717, 1.165) is 5.69 Å². The topological polar surface area (TPSA) is 80.3 Å². The van der Waals surface area contributed by atoms with Gasteiger partial charge in [-0.1, -0.05) is 12.1 Å². The Morgan fingerprint density at radius 2 is 1.92 bits per heavy atom.